The summed E-state index contributed by atoms with van der Waals surface area (Å²) < 4.78 is 25.7. The Morgan fingerprint density at radius 2 is 1.55 bits per heavy atom. The second-order valence-electron chi connectivity index (χ2n) is 20.3. The third-order valence-corrected chi connectivity index (χ3v) is 15.2. The summed E-state index contributed by atoms with van der Waals surface area (Å²) in [6.45, 7) is 9.33. The number of rotatable bonds is 25. The summed E-state index contributed by atoms with van der Waals surface area (Å²) in [6, 6.07) is 20.4. The zero-order valence-corrected chi connectivity index (χ0v) is 42.8. The lowest BCUT2D eigenvalue weighted by molar-refractivity contribution is -0.140. The predicted octanol–water partition coefficient (Wildman–Crippen LogP) is 6.44. The smallest absolute Gasteiger partial charge is 0.245 e. The largest absolute Gasteiger partial charge is 0.491 e. The highest BCUT2D eigenvalue weighted by molar-refractivity contribution is 5.90. The number of hydrogen-bond acceptors (Lipinski definition) is 13. The van der Waals surface area contributed by atoms with Crippen molar-refractivity contribution in [2.75, 3.05) is 97.2 Å². The normalized spacial score (nSPS) is 21.6. The van der Waals surface area contributed by atoms with E-state index in [1.807, 2.05) is 62.4 Å². The maximum atomic E-state index is 14.2. The van der Waals surface area contributed by atoms with Crippen molar-refractivity contribution in [3.63, 3.8) is 0 Å². The molecule has 71 heavy (non-hydrogen) atoms. The highest BCUT2D eigenvalue weighted by Gasteiger charge is 2.44. The number of anilines is 2. The van der Waals surface area contributed by atoms with E-state index in [9.17, 15) is 9.59 Å². The standard InChI is InChI=1S/C55H80N10O6/c1-40(56-2)52(66)61-51(44-13-9-6-10-14-44)54(67)64-30-26-43-25-29-63(39-50(43)64)28-24-41-15-19-46(20-16-41)70-35-33-68-31-32-69-34-36-71-47-21-17-45(18-22-47)59-55-57-27-23-49(60-55)48-37-58-65(53(48)62(3)4)38-42-11-7-5-8-12-42/h5,7-8,11-12,15-16,19-20,23,27,37,40,43-45,47,50-51,56H,6,9-10,13-14,17-18,21-22,24-26,28-36,38-39H2,1-4H3,(H,61,66)(H,57,59,60)/t40-,43-,45-,47-,50-,51-/m0/s1. The fourth-order valence-electron chi connectivity index (χ4n) is 11.0. The molecule has 0 bridgehead atoms. The molecule has 8 rings (SSSR count). The van der Waals surface area contributed by atoms with Gasteiger partial charge in [0.15, 0.2) is 0 Å². The van der Waals surface area contributed by atoms with Gasteiger partial charge in [0.2, 0.25) is 17.8 Å². The van der Waals surface area contributed by atoms with Gasteiger partial charge in [-0.05, 0) is 119 Å². The molecule has 2 aliphatic carbocycles. The third-order valence-electron chi connectivity index (χ3n) is 15.2. The van der Waals surface area contributed by atoms with Crippen molar-refractivity contribution in [2.24, 2.45) is 11.8 Å². The minimum Gasteiger partial charge on any atom is -0.491 e. The fourth-order valence-corrected chi connectivity index (χ4v) is 11.0. The highest BCUT2D eigenvalue weighted by atomic mass is 16.6. The summed E-state index contributed by atoms with van der Waals surface area (Å²) in [5.74, 6) is 3.27. The van der Waals surface area contributed by atoms with Crippen LogP contribution in [0.15, 0.2) is 73.1 Å². The Hall–Kier alpha value is -5.13. The molecule has 4 heterocycles. The van der Waals surface area contributed by atoms with E-state index in [1.54, 1.807) is 7.05 Å². The average molecular weight is 977 g/mol. The Morgan fingerprint density at radius 1 is 0.817 bits per heavy atom. The molecule has 4 atom stereocenters. The van der Waals surface area contributed by atoms with Crippen LogP contribution in [-0.2, 0) is 36.8 Å². The van der Waals surface area contributed by atoms with Crippen LogP contribution >= 0.6 is 0 Å². The van der Waals surface area contributed by atoms with Crippen LogP contribution in [0.2, 0.25) is 0 Å². The summed E-state index contributed by atoms with van der Waals surface area (Å²) in [5.41, 5.74) is 4.29. The van der Waals surface area contributed by atoms with Gasteiger partial charge < -0.3 is 49.6 Å². The molecule has 2 amide bonds. The Balaban J connectivity index is 0.660. The van der Waals surface area contributed by atoms with Gasteiger partial charge in [-0.1, -0.05) is 61.7 Å². The number of carbonyl (C=O) groups is 2. The molecule has 2 saturated carbocycles. The SMILES string of the molecule is CN[C@@H](C)C(=O)N[C@H](C(=O)N1CC[C@@H]2CCN(CCc3ccc(OCCOCCOCCO[C@H]4CC[C@H](Nc5nccc(-c6cnn(Cc7ccccc7)c6N(C)C)n5)CC4)cc3)C[C@@H]21)C1CCCCC1. The molecule has 4 fully saturated rings. The molecule has 16 nitrogen and oxygen atoms in total. The summed E-state index contributed by atoms with van der Waals surface area (Å²) in [7, 11) is 5.86. The number of likely N-dealkylation sites (tertiary alicyclic amines) is 2. The molecule has 2 aromatic heterocycles. The van der Waals surface area contributed by atoms with Gasteiger partial charge in [-0.15, -0.1) is 0 Å². The molecule has 0 radical (unpaired) electrons. The summed E-state index contributed by atoms with van der Waals surface area (Å²) >= 11 is 0. The van der Waals surface area contributed by atoms with Crippen LogP contribution in [0, 0.1) is 11.8 Å². The number of hydrogen-bond donors (Lipinski definition) is 3. The van der Waals surface area contributed by atoms with E-state index in [4.69, 9.17) is 29.0 Å². The molecular weight excluding hydrogens is 897 g/mol. The van der Waals surface area contributed by atoms with Gasteiger partial charge in [-0.25, -0.2) is 14.6 Å². The van der Waals surface area contributed by atoms with Crippen LogP contribution in [0.1, 0.15) is 88.7 Å². The van der Waals surface area contributed by atoms with Crippen molar-refractivity contribution < 1.29 is 28.5 Å². The third kappa shape index (κ3) is 14.7. The lowest BCUT2D eigenvalue weighted by Crippen LogP contribution is -2.58. The zero-order chi connectivity index (χ0) is 49.4. The molecule has 2 saturated heterocycles. The van der Waals surface area contributed by atoms with Crippen molar-refractivity contribution >= 4 is 23.6 Å². The monoisotopic (exact) mass is 977 g/mol. The number of piperidine rings is 1. The number of ether oxygens (including phenoxy) is 4. The first-order chi connectivity index (χ1) is 34.7. The van der Waals surface area contributed by atoms with E-state index in [1.165, 1.54) is 17.5 Å². The first-order valence-electron chi connectivity index (χ1n) is 26.6. The minimum absolute atomic E-state index is 0.0871. The molecule has 4 aliphatic rings. The van der Waals surface area contributed by atoms with Crippen molar-refractivity contribution in [1.29, 1.82) is 0 Å². The Kier molecular flexibility index (Phi) is 19.5. The van der Waals surface area contributed by atoms with E-state index >= 15 is 0 Å². The number of carbonyl (C=O) groups excluding carboxylic acids is 2. The van der Waals surface area contributed by atoms with Gasteiger partial charge in [-0.2, -0.15) is 5.10 Å². The van der Waals surface area contributed by atoms with Gasteiger partial charge in [-0.3, -0.25) is 9.59 Å². The molecule has 386 valence electrons. The molecule has 0 spiro atoms. The molecule has 2 aromatic carbocycles. The summed E-state index contributed by atoms with van der Waals surface area (Å²) in [4.78, 5) is 43.4. The summed E-state index contributed by atoms with van der Waals surface area (Å²) in [6.07, 6.45) is 16.5. The van der Waals surface area contributed by atoms with Crippen molar-refractivity contribution in [3.05, 3.63) is 84.2 Å². The number of amides is 2. The van der Waals surface area contributed by atoms with Crippen molar-refractivity contribution in [1.82, 2.24) is 40.2 Å². The van der Waals surface area contributed by atoms with Gasteiger partial charge in [0.05, 0.1) is 69.2 Å². The molecular formula is C55H80N10O6. The van der Waals surface area contributed by atoms with Crippen molar-refractivity contribution in [2.45, 2.75) is 121 Å². The van der Waals surface area contributed by atoms with Crippen molar-refractivity contribution in [3.8, 4) is 17.0 Å². The van der Waals surface area contributed by atoms with Crippen LogP contribution in [0.4, 0.5) is 11.8 Å². The van der Waals surface area contributed by atoms with Gasteiger partial charge >= 0.3 is 0 Å². The second-order valence-corrected chi connectivity index (χ2v) is 20.3. The zero-order valence-electron chi connectivity index (χ0n) is 42.8. The van der Waals surface area contributed by atoms with E-state index in [0.29, 0.717) is 64.1 Å². The van der Waals surface area contributed by atoms with Crippen LogP contribution < -0.4 is 25.6 Å². The predicted molar refractivity (Wildman–Crippen MR) is 278 cm³/mol. The first-order valence-corrected chi connectivity index (χ1v) is 26.6. The molecule has 3 N–H and O–H groups in total. The minimum atomic E-state index is -0.432. The quantitative estimate of drug-likeness (QED) is 0.0624. The number of nitrogens with one attached hydrogen (secondary N) is 3. The Bertz CT molecular complexity index is 2230. The average Bonchev–Trinajstić information content (AvgIpc) is 4.03. The fraction of sp³-hybridized carbons (Fsp3) is 0.618. The van der Waals surface area contributed by atoms with E-state index < -0.39 is 6.04 Å². The molecule has 16 heteroatoms. The molecule has 4 aromatic rings. The molecule has 0 unspecified atom stereocenters. The van der Waals surface area contributed by atoms with Gasteiger partial charge in [0, 0.05) is 52.0 Å². The lowest BCUT2D eigenvalue weighted by Gasteiger charge is -2.41. The van der Waals surface area contributed by atoms with E-state index in [-0.39, 0.29) is 35.9 Å². The number of likely N-dealkylation sites (N-methyl/N-ethyl adjacent to an activating group) is 1. The number of benzene rings is 2. The Labute approximate surface area is 421 Å². The molecule has 2 aliphatic heterocycles. The maximum Gasteiger partial charge on any atom is 0.245 e. The van der Waals surface area contributed by atoms with E-state index in [2.05, 4.69) is 72.0 Å². The van der Waals surface area contributed by atoms with Gasteiger partial charge in [0.25, 0.3) is 0 Å². The number of nitrogens with zero attached hydrogens (tertiary/aromatic N) is 7. The van der Waals surface area contributed by atoms with Crippen LogP contribution in [0.3, 0.4) is 0 Å². The van der Waals surface area contributed by atoms with Crippen LogP contribution in [-0.4, -0.2) is 159 Å². The maximum absolute atomic E-state index is 14.2. The number of aromatic nitrogens is 4. The van der Waals surface area contributed by atoms with Crippen LogP contribution in [0.25, 0.3) is 11.3 Å². The second kappa shape index (κ2) is 26.5. The number of fused-ring (bicyclic) bond motifs is 1. The first kappa shape index (κ1) is 52.2. The van der Waals surface area contributed by atoms with Crippen LogP contribution in [0.5, 0.6) is 5.75 Å². The summed E-state index contributed by atoms with van der Waals surface area (Å²) in [5, 5.41) is 14.5. The van der Waals surface area contributed by atoms with E-state index in [0.717, 1.165) is 120 Å². The van der Waals surface area contributed by atoms with Gasteiger partial charge in [0.1, 0.15) is 24.2 Å². The topological polar surface area (TPSA) is 160 Å². The Morgan fingerprint density at radius 3 is 2.30 bits per heavy atom. The highest BCUT2D eigenvalue weighted by Crippen LogP contribution is 2.35. The lowest BCUT2D eigenvalue weighted by atomic mass is 9.83.